The van der Waals surface area contributed by atoms with Crippen LogP contribution in [0.15, 0.2) is 34.0 Å². The Balaban J connectivity index is 1.94. The normalized spacial score (nSPS) is 20.1. The third kappa shape index (κ3) is 2.02. The lowest BCUT2D eigenvalue weighted by atomic mass is 9.81. The van der Waals surface area contributed by atoms with E-state index in [1.807, 2.05) is 18.2 Å². The number of hydrogen-bond acceptors (Lipinski definition) is 6. The number of aromatic nitrogens is 4. The summed E-state index contributed by atoms with van der Waals surface area (Å²) in [6.45, 7) is 8.11. The van der Waals surface area contributed by atoms with Gasteiger partial charge in [0.15, 0.2) is 5.82 Å². The first kappa shape index (κ1) is 13.6. The highest BCUT2D eigenvalue weighted by molar-refractivity contribution is 5.97. The summed E-state index contributed by atoms with van der Waals surface area (Å²) >= 11 is 0. The van der Waals surface area contributed by atoms with Crippen LogP contribution >= 0.6 is 0 Å². The quantitative estimate of drug-likeness (QED) is 0.717. The minimum absolute atomic E-state index is 0.226. The number of fused-ring (bicyclic) bond motifs is 2. The van der Waals surface area contributed by atoms with E-state index in [1.165, 1.54) is 0 Å². The van der Waals surface area contributed by atoms with E-state index in [4.69, 9.17) is 16.9 Å². The highest BCUT2D eigenvalue weighted by Crippen LogP contribution is 2.41. The Kier molecular flexibility index (Phi) is 3.13. The number of nitrogens with one attached hydrogen (secondary N) is 1. The smallest absolute Gasteiger partial charge is 0.272 e. The van der Waals surface area contributed by atoms with Gasteiger partial charge in [-0.05, 0) is 28.5 Å². The molecule has 0 saturated heterocycles. The monoisotopic (exact) mass is 307 g/mol. The van der Waals surface area contributed by atoms with Crippen LogP contribution in [0.1, 0.15) is 23.5 Å². The molecule has 0 aliphatic carbocycles. The lowest BCUT2D eigenvalue weighted by molar-refractivity contribution is 0.315. The molecule has 3 heterocycles. The number of hydrogen-bond donors (Lipinski definition) is 2. The van der Waals surface area contributed by atoms with Gasteiger partial charge in [0, 0.05) is 12.0 Å². The zero-order chi connectivity index (χ0) is 15.8. The number of nitrogens with two attached hydrogens (primary N) is 1. The molecule has 1 aromatic carbocycles. The highest BCUT2D eigenvalue weighted by atomic mass is 16.6. The maximum Gasteiger partial charge on any atom is 0.272 e. The van der Waals surface area contributed by atoms with Gasteiger partial charge in [0.05, 0.1) is 12.1 Å². The van der Waals surface area contributed by atoms with E-state index in [-0.39, 0.29) is 5.92 Å². The molecule has 1 aliphatic heterocycles. The molecule has 8 nitrogen and oxygen atoms in total. The maximum absolute atomic E-state index is 7.66. The van der Waals surface area contributed by atoms with Crippen molar-refractivity contribution in [3.63, 3.8) is 0 Å². The largest absolute Gasteiger partial charge is 0.330 e. The fraction of sp³-hybridized carbons (Fsp3) is 0.267. The number of aromatic amines is 1. The van der Waals surface area contributed by atoms with Crippen molar-refractivity contribution in [3.8, 4) is 0 Å². The minimum atomic E-state index is -0.439. The van der Waals surface area contributed by atoms with Crippen LogP contribution in [-0.4, -0.2) is 38.8 Å². The van der Waals surface area contributed by atoms with Crippen LogP contribution in [0.25, 0.3) is 15.9 Å². The SMILES string of the molecule is [C-]#[N+]C1C(CCN)=Nc2[nH]ncc2C1c1cccc2nonc12. The van der Waals surface area contributed by atoms with Crippen LogP contribution in [0, 0.1) is 6.57 Å². The molecule has 8 heteroatoms. The third-order valence-corrected chi connectivity index (χ3v) is 4.09. The van der Waals surface area contributed by atoms with Crippen molar-refractivity contribution in [1.82, 2.24) is 20.5 Å². The molecule has 2 atom stereocenters. The average Bonchev–Trinajstić information content (AvgIpc) is 3.22. The molecule has 0 fully saturated rings. The first-order chi connectivity index (χ1) is 11.3. The van der Waals surface area contributed by atoms with Crippen LogP contribution in [-0.2, 0) is 0 Å². The molecular weight excluding hydrogens is 294 g/mol. The Morgan fingerprint density at radius 3 is 3.04 bits per heavy atom. The van der Waals surface area contributed by atoms with Gasteiger partial charge in [-0.15, -0.1) is 0 Å². The molecule has 23 heavy (non-hydrogen) atoms. The molecule has 0 amide bonds. The first-order valence-electron chi connectivity index (χ1n) is 7.22. The van der Waals surface area contributed by atoms with Crippen LogP contribution in [0.3, 0.4) is 0 Å². The standard InChI is InChI=1S/C15H13N7O/c1-17-14-10(5-6-16)19-15-9(7-18-20-15)12(14)8-3-2-4-11-13(8)22-23-21-11/h2-4,7,12,14H,5-6,16H2,(H,18,20). The highest BCUT2D eigenvalue weighted by Gasteiger charge is 2.41. The molecule has 0 bridgehead atoms. The molecule has 3 aromatic rings. The fourth-order valence-electron chi connectivity index (χ4n) is 3.09. The zero-order valence-electron chi connectivity index (χ0n) is 12.1. The molecular formula is C15H13N7O. The molecule has 2 aromatic heterocycles. The second-order valence-corrected chi connectivity index (χ2v) is 5.35. The summed E-state index contributed by atoms with van der Waals surface area (Å²) in [6, 6.07) is 5.22. The van der Waals surface area contributed by atoms with Gasteiger partial charge in [0.2, 0.25) is 0 Å². The van der Waals surface area contributed by atoms with Crippen molar-refractivity contribution in [3.05, 3.63) is 46.9 Å². The third-order valence-electron chi connectivity index (χ3n) is 4.09. The van der Waals surface area contributed by atoms with Crippen molar-refractivity contribution < 1.29 is 4.63 Å². The van der Waals surface area contributed by atoms with Gasteiger partial charge >= 0.3 is 0 Å². The lowest BCUT2D eigenvalue weighted by Gasteiger charge is -2.23. The number of aliphatic imine (C=N–C) groups is 1. The predicted octanol–water partition coefficient (Wildman–Crippen LogP) is 1.80. The van der Waals surface area contributed by atoms with Crippen molar-refractivity contribution in [2.24, 2.45) is 10.7 Å². The fourth-order valence-corrected chi connectivity index (χ4v) is 3.09. The van der Waals surface area contributed by atoms with Gasteiger partial charge in [-0.1, -0.05) is 12.1 Å². The maximum atomic E-state index is 7.66. The summed E-state index contributed by atoms with van der Waals surface area (Å²) in [5.41, 5.74) is 9.53. The summed E-state index contributed by atoms with van der Waals surface area (Å²) in [4.78, 5) is 8.35. The van der Waals surface area contributed by atoms with Crippen molar-refractivity contribution >= 4 is 22.6 Å². The Morgan fingerprint density at radius 1 is 1.30 bits per heavy atom. The topological polar surface area (TPSA) is 110 Å². The van der Waals surface area contributed by atoms with Crippen LogP contribution in [0.4, 0.5) is 5.82 Å². The first-order valence-corrected chi connectivity index (χ1v) is 7.22. The number of benzene rings is 1. The molecule has 1 aliphatic rings. The van der Waals surface area contributed by atoms with E-state index in [1.54, 1.807) is 6.20 Å². The summed E-state index contributed by atoms with van der Waals surface area (Å²) in [6.07, 6.45) is 2.28. The molecule has 3 N–H and O–H groups in total. The van der Waals surface area contributed by atoms with E-state index >= 15 is 0 Å². The Hall–Kier alpha value is -3.05. The van der Waals surface area contributed by atoms with E-state index in [0.29, 0.717) is 29.8 Å². The summed E-state index contributed by atoms with van der Waals surface area (Å²) in [5.74, 6) is 0.447. The summed E-state index contributed by atoms with van der Waals surface area (Å²) in [5, 5.41) is 14.9. The van der Waals surface area contributed by atoms with Crippen LogP contribution in [0.5, 0.6) is 0 Å². The molecule has 0 radical (unpaired) electrons. The molecule has 0 spiro atoms. The van der Waals surface area contributed by atoms with Gasteiger partial charge < -0.3 is 10.6 Å². The van der Waals surface area contributed by atoms with E-state index in [2.05, 4.69) is 30.3 Å². The number of rotatable bonds is 3. The van der Waals surface area contributed by atoms with Crippen LogP contribution in [0.2, 0.25) is 0 Å². The second-order valence-electron chi connectivity index (χ2n) is 5.35. The molecule has 0 saturated carbocycles. The number of nitrogens with zero attached hydrogens (tertiary/aromatic N) is 5. The Morgan fingerprint density at radius 2 is 2.22 bits per heavy atom. The van der Waals surface area contributed by atoms with Crippen molar-refractivity contribution in [1.29, 1.82) is 0 Å². The van der Waals surface area contributed by atoms with E-state index in [9.17, 15) is 0 Å². The second kappa shape index (κ2) is 5.30. The zero-order valence-corrected chi connectivity index (χ0v) is 12.1. The number of H-pyrrole nitrogens is 1. The molecule has 4 rings (SSSR count). The van der Waals surface area contributed by atoms with E-state index in [0.717, 1.165) is 16.8 Å². The van der Waals surface area contributed by atoms with Gasteiger partial charge in [0.25, 0.3) is 6.04 Å². The molecule has 114 valence electrons. The summed E-state index contributed by atoms with van der Waals surface area (Å²) in [7, 11) is 0. The van der Waals surface area contributed by atoms with Gasteiger partial charge in [-0.2, -0.15) is 5.10 Å². The van der Waals surface area contributed by atoms with Crippen molar-refractivity contribution in [2.45, 2.75) is 18.4 Å². The molecule has 2 unspecified atom stereocenters. The minimum Gasteiger partial charge on any atom is -0.330 e. The van der Waals surface area contributed by atoms with Crippen LogP contribution < -0.4 is 5.73 Å². The predicted molar refractivity (Wildman–Crippen MR) is 83.4 cm³/mol. The Bertz CT molecular complexity index is 933. The Labute approximate surface area is 131 Å². The average molecular weight is 307 g/mol. The van der Waals surface area contributed by atoms with E-state index < -0.39 is 6.04 Å². The summed E-state index contributed by atoms with van der Waals surface area (Å²) < 4.78 is 4.86. The van der Waals surface area contributed by atoms with Gasteiger partial charge in [-0.25, -0.2) is 16.2 Å². The van der Waals surface area contributed by atoms with Gasteiger partial charge in [0.1, 0.15) is 16.7 Å². The van der Waals surface area contributed by atoms with Crippen molar-refractivity contribution in [2.75, 3.05) is 6.54 Å². The lowest BCUT2D eigenvalue weighted by Crippen LogP contribution is -2.30. The van der Waals surface area contributed by atoms with Gasteiger partial charge in [-0.3, -0.25) is 5.10 Å².